The molecule has 0 aliphatic heterocycles. The molecule has 0 radical (unpaired) electrons. The van der Waals surface area contributed by atoms with Gasteiger partial charge in [-0.25, -0.2) is 8.78 Å². The van der Waals surface area contributed by atoms with Gasteiger partial charge in [0.25, 0.3) is 0 Å². The van der Waals surface area contributed by atoms with Crippen molar-refractivity contribution in [2.24, 2.45) is 0 Å². The summed E-state index contributed by atoms with van der Waals surface area (Å²) in [7, 11) is 0. The molecular weight excluding hydrogens is 300 g/mol. The molecule has 0 bridgehead atoms. The molecule has 3 nitrogen and oxygen atoms in total. The summed E-state index contributed by atoms with van der Waals surface area (Å²) in [6, 6.07) is 6.65. The summed E-state index contributed by atoms with van der Waals surface area (Å²) in [5.41, 5.74) is 1.27. The number of hydrogen-bond acceptors (Lipinski definition) is 3. The smallest absolute Gasteiger partial charge is 0.132 e. The Labute approximate surface area is 134 Å². The molecule has 3 N–H and O–H groups in total. The van der Waals surface area contributed by atoms with Crippen molar-refractivity contribution in [2.75, 3.05) is 6.54 Å². The van der Waals surface area contributed by atoms with Gasteiger partial charge in [0.05, 0.1) is 0 Å². The summed E-state index contributed by atoms with van der Waals surface area (Å²) in [4.78, 5) is 0. The van der Waals surface area contributed by atoms with Gasteiger partial charge < -0.3 is 15.5 Å². The summed E-state index contributed by atoms with van der Waals surface area (Å²) in [6.07, 6.45) is 0. The van der Waals surface area contributed by atoms with Crippen LogP contribution >= 0.6 is 0 Å². The number of benzene rings is 2. The molecule has 0 fully saturated rings. The molecule has 5 heteroatoms. The third-order valence-corrected chi connectivity index (χ3v) is 3.99. The Hall–Kier alpha value is -1.98. The normalized spacial score (nSPS) is 13.8. The average Bonchev–Trinajstić information content (AvgIpc) is 2.43. The summed E-state index contributed by atoms with van der Waals surface area (Å²) in [6.45, 7) is 5.70. The van der Waals surface area contributed by atoms with Crippen molar-refractivity contribution in [2.45, 2.75) is 32.9 Å². The lowest BCUT2D eigenvalue weighted by atomic mass is 9.95. The molecule has 124 valence electrons. The molecule has 0 heterocycles. The Morgan fingerprint density at radius 2 is 1.74 bits per heavy atom. The van der Waals surface area contributed by atoms with E-state index in [0.29, 0.717) is 12.1 Å². The van der Waals surface area contributed by atoms with Crippen LogP contribution in [0.25, 0.3) is 0 Å². The summed E-state index contributed by atoms with van der Waals surface area (Å²) in [5.74, 6) is -1.30. The van der Waals surface area contributed by atoms with Crippen molar-refractivity contribution in [3.63, 3.8) is 0 Å². The van der Waals surface area contributed by atoms with E-state index >= 15 is 0 Å². The van der Waals surface area contributed by atoms with Gasteiger partial charge in [-0.3, -0.25) is 0 Å². The Bertz CT molecular complexity index is 714. The Balaban J connectivity index is 2.06. The van der Waals surface area contributed by atoms with E-state index in [1.54, 1.807) is 6.07 Å². The van der Waals surface area contributed by atoms with Crippen LogP contribution in [0.4, 0.5) is 8.78 Å². The van der Waals surface area contributed by atoms with E-state index in [1.165, 1.54) is 13.0 Å². The Kier molecular flexibility index (Phi) is 5.02. The minimum absolute atomic E-state index is 0.0238. The Morgan fingerprint density at radius 1 is 1.09 bits per heavy atom. The number of phenols is 1. The summed E-state index contributed by atoms with van der Waals surface area (Å²) in [5, 5.41) is 23.3. The average molecular weight is 321 g/mol. The van der Waals surface area contributed by atoms with Gasteiger partial charge in [0.15, 0.2) is 0 Å². The van der Waals surface area contributed by atoms with Crippen LogP contribution in [0.1, 0.15) is 29.2 Å². The molecule has 23 heavy (non-hydrogen) atoms. The van der Waals surface area contributed by atoms with E-state index < -0.39 is 17.2 Å². The second-order valence-corrected chi connectivity index (χ2v) is 6.07. The summed E-state index contributed by atoms with van der Waals surface area (Å²) < 4.78 is 26.7. The molecule has 2 rings (SSSR count). The fraction of sp³-hybridized carbons (Fsp3) is 0.333. The largest absolute Gasteiger partial charge is 0.508 e. The van der Waals surface area contributed by atoms with Crippen molar-refractivity contribution in [3.05, 3.63) is 64.2 Å². The van der Waals surface area contributed by atoms with E-state index in [0.717, 1.165) is 23.3 Å². The zero-order chi connectivity index (χ0) is 17.2. The standard InChI is InChI=1S/C18H21F2NO2/c1-11-6-13(17(22)7-12(11)2)9-21-10-18(3,23)15-5-4-14(19)8-16(15)20/h4-8,21-23H,9-10H2,1-3H3/t18-/m0/s1. The highest BCUT2D eigenvalue weighted by Crippen LogP contribution is 2.25. The number of aromatic hydroxyl groups is 1. The minimum atomic E-state index is -1.49. The predicted molar refractivity (Wildman–Crippen MR) is 85.2 cm³/mol. The van der Waals surface area contributed by atoms with Gasteiger partial charge >= 0.3 is 0 Å². The number of hydrogen-bond donors (Lipinski definition) is 3. The first kappa shape index (κ1) is 17.4. The lowest BCUT2D eigenvalue weighted by Gasteiger charge is -2.25. The highest BCUT2D eigenvalue weighted by Gasteiger charge is 2.26. The highest BCUT2D eigenvalue weighted by atomic mass is 19.1. The fourth-order valence-corrected chi connectivity index (χ4v) is 2.46. The molecular formula is C18H21F2NO2. The van der Waals surface area contributed by atoms with Gasteiger partial charge in [0.1, 0.15) is 23.0 Å². The van der Waals surface area contributed by atoms with Crippen molar-refractivity contribution >= 4 is 0 Å². The number of nitrogens with one attached hydrogen (secondary N) is 1. The first-order chi connectivity index (χ1) is 10.7. The number of rotatable bonds is 5. The summed E-state index contributed by atoms with van der Waals surface area (Å²) >= 11 is 0. The molecule has 0 aromatic heterocycles. The third-order valence-electron chi connectivity index (χ3n) is 3.99. The molecule has 2 aromatic carbocycles. The van der Waals surface area contributed by atoms with Gasteiger partial charge in [-0.05, 0) is 44.0 Å². The van der Waals surface area contributed by atoms with Gasteiger partial charge in [-0.15, -0.1) is 0 Å². The number of halogens is 2. The molecule has 0 amide bonds. The van der Waals surface area contributed by atoms with E-state index in [2.05, 4.69) is 5.32 Å². The van der Waals surface area contributed by atoms with E-state index in [9.17, 15) is 19.0 Å². The second-order valence-electron chi connectivity index (χ2n) is 6.07. The fourth-order valence-electron chi connectivity index (χ4n) is 2.46. The zero-order valence-electron chi connectivity index (χ0n) is 13.5. The van der Waals surface area contributed by atoms with Crippen molar-refractivity contribution in [1.82, 2.24) is 5.32 Å². The molecule has 0 aliphatic rings. The third kappa shape index (κ3) is 4.06. The van der Waals surface area contributed by atoms with Gasteiger partial charge in [0.2, 0.25) is 0 Å². The van der Waals surface area contributed by atoms with Crippen LogP contribution < -0.4 is 5.32 Å². The van der Waals surface area contributed by atoms with Crippen LogP contribution in [0, 0.1) is 25.5 Å². The van der Waals surface area contributed by atoms with Crippen molar-refractivity contribution in [3.8, 4) is 5.75 Å². The van der Waals surface area contributed by atoms with Gasteiger partial charge in [-0.2, -0.15) is 0 Å². The van der Waals surface area contributed by atoms with E-state index in [-0.39, 0.29) is 17.9 Å². The molecule has 0 spiro atoms. The molecule has 1 atom stereocenters. The quantitative estimate of drug-likeness (QED) is 0.792. The van der Waals surface area contributed by atoms with Crippen LogP contribution in [-0.2, 0) is 12.1 Å². The molecule has 0 saturated carbocycles. The first-order valence-electron chi connectivity index (χ1n) is 7.38. The highest BCUT2D eigenvalue weighted by molar-refractivity contribution is 5.40. The number of aryl methyl sites for hydroxylation is 2. The van der Waals surface area contributed by atoms with Gasteiger partial charge in [0, 0.05) is 30.3 Å². The molecule has 0 aliphatic carbocycles. The van der Waals surface area contributed by atoms with Crippen molar-refractivity contribution < 1.29 is 19.0 Å². The molecule has 0 unspecified atom stereocenters. The van der Waals surface area contributed by atoms with E-state index in [4.69, 9.17) is 0 Å². The maximum atomic E-state index is 13.8. The van der Waals surface area contributed by atoms with Crippen LogP contribution in [0.2, 0.25) is 0 Å². The maximum Gasteiger partial charge on any atom is 0.132 e. The SMILES string of the molecule is Cc1cc(O)c(CNC[C@](C)(O)c2ccc(F)cc2F)cc1C. The lowest BCUT2D eigenvalue weighted by molar-refractivity contribution is 0.0528. The van der Waals surface area contributed by atoms with Crippen LogP contribution in [0.15, 0.2) is 30.3 Å². The van der Waals surface area contributed by atoms with E-state index in [1.807, 2.05) is 19.9 Å². The monoisotopic (exact) mass is 321 g/mol. The minimum Gasteiger partial charge on any atom is -0.508 e. The number of phenolic OH excluding ortho intramolecular Hbond substituents is 1. The lowest BCUT2D eigenvalue weighted by Crippen LogP contribution is -2.36. The molecule has 2 aromatic rings. The second kappa shape index (κ2) is 6.64. The van der Waals surface area contributed by atoms with Gasteiger partial charge in [-0.1, -0.05) is 12.1 Å². The van der Waals surface area contributed by atoms with Crippen molar-refractivity contribution in [1.29, 1.82) is 0 Å². The van der Waals surface area contributed by atoms with Crippen LogP contribution in [-0.4, -0.2) is 16.8 Å². The number of aliphatic hydroxyl groups is 1. The van der Waals surface area contributed by atoms with Crippen LogP contribution in [0.3, 0.4) is 0 Å². The Morgan fingerprint density at radius 3 is 2.39 bits per heavy atom. The zero-order valence-corrected chi connectivity index (χ0v) is 13.5. The topological polar surface area (TPSA) is 52.5 Å². The maximum absolute atomic E-state index is 13.8. The van der Waals surface area contributed by atoms with Crippen LogP contribution in [0.5, 0.6) is 5.75 Å². The predicted octanol–water partition coefficient (Wildman–Crippen LogP) is 3.28. The first-order valence-corrected chi connectivity index (χ1v) is 7.38. The molecule has 0 saturated heterocycles.